The Hall–Kier alpha value is -3.01. The van der Waals surface area contributed by atoms with E-state index in [9.17, 15) is 10.1 Å². The highest BCUT2D eigenvalue weighted by molar-refractivity contribution is 5.63. The predicted molar refractivity (Wildman–Crippen MR) is 63.4 cm³/mol. The zero-order valence-corrected chi connectivity index (χ0v) is 9.07. The number of nitro benzene ring substituents is 1. The molecule has 0 aliphatic rings. The fraction of sp³-hybridized carbons (Fsp3) is 0. The Kier molecular flexibility index (Phi) is 3.11. The van der Waals surface area contributed by atoms with Gasteiger partial charge in [-0.1, -0.05) is 12.1 Å². The number of hydrogen-bond donors (Lipinski definition) is 1. The van der Waals surface area contributed by atoms with Gasteiger partial charge >= 0.3 is 0 Å². The van der Waals surface area contributed by atoms with E-state index in [1.807, 2.05) is 0 Å². The number of aromatic nitrogens is 2. The van der Waals surface area contributed by atoms with Gasteiger partial charge in [-0.3, -0.25) is 15.4 Å². The molecule has 0 saturated carbocycles. The average Bonchev–Trinajstić information content (AvgIpc) is 2.39. The van der Waals surface area contributed by atoms with E-state index in [0.29, 0.717) is 11.3 Å². The summed E-state index contributed by atoms with van der Waals surface area (Å²) in [5.74, 6) is 0.154. The lowest BCUT2D eigenvalue weighted by Crippen LogP contribution is -1.96. The number of nitro groups is 1. The number of hydrogen-bond acceptors (Lipinski definition) is 6. The van der Waals surface area contributed by atoms with Gasteiger partial charge in [0.1, 0.15) is 0 Å². The molecule has 1 aromatic carbocycles. The number of benzene rings is 1. The summed E-state index contributed by atoms with van der Waals surface area (Å²) in [6.07, 6.45) is 3.18. The van der Waals surface area contributed by atoms with E-state index in [-0.39, 0.29) is 11.6 Å². The van der Waals surface area contributed by atoms with Crippen molar-refractivity contribution in [2.24, 2.45) is 0 Å². The first kappa shape index (κ1) is 11.5. The molecule has 88 valence electrons. The molecule has 1 aromatic heterocycles. The second-order valence-corrected chi connectivity index (χ2v) is 3.31. The number of rotatable bonds is 3. The first-order chi connectivity index (χ1) is 8.70. The molecule has 18 heavy (non-hydrogen) atoms. The highest BCUT2D eigenvalue weighted by atomic mass is 16.6. The molecular formula is C11H7N5O2. The lowest BCUT2D eigenvalue weighted by atomic mass is 10.1. The van der Waals surface area contributed by atoms with Gasteiger partial charge in [0.05, 0.1) is 10.6 Å². The van der Waals surface area contributed by atoms with Crippen molar-refractivity contribution in [1.82, 2.24) is 9.97 Å². The predicted octanol–water partition coefficient (Wildman–Crippen LogP) is 1.94. The number of anilines is 1. The maximum absolute atomic E-state index is 10.7. The minimum absolute atomic E-state index is 0.0131. The van der Waals surface area contributed by atoms with Crippen molar-refractivity contribution in [2.75, 3.05) is 5.32 Å². The van der Waals surface area contributed by atoms with Crippen LogP contribution in [0.3, 0.4) is 0 Å². The highest BCUT2D eigenvalue weighted by Crippen LogP contribution is 2.22. The molecular weight excluding hydrogens is 234 g/mol. The summed E-state index contributed by atoms with van der Waals surface area (Å²) in [7, 11) is 0. The van der Waals surface area contributed by atoms with Gasteiger partial charge in [-0.15, -0.1) is 0 Å². The summed E-state index contributed by atoms with van der Waals surface area (Å²) < 4.78 is 0. The summed E-state index contributed by atoms with van der Waals surface area (Å²) in [4.78, 5) is 18.1. The molecule has 2 aromatic rings. The topological polar surface area (TPSA) is 105 Å². The molecule has 0 saturated heterocycles. The minimum Gasteiger partial charge on any atom is -0.261 e. The highest BCUT2D eigenvalue weighted by Gasteiger charge is 2.08. The molecule has 0 amide bonds. The van der Waals surface area contributed by atoms with Crippen molar-refractivity contribution in [1.29, 1.82) is 5.26 Å². The minimum atomic E-state index is -0.473. The molecule has 0 aliphatic carbocycles. The van der Waals surface area contributed by atoms with E-state index in [2.05, 4.69) is 15.3 Å². The molecule has 0 atom stereocenters. The molecule has 2 rings (SSSR count). The molecule has 0 radical (unpaired) electrons. The Morgan fingerprint density at radius 1 is 1.39 bits per heavy atom. The number of nitrogens with zero attached hydrogens (tertiary/aromatic N) is 4. The maximum Gasteiger partial charge on any atom is 0.270 e. The van der Waals surface area contributed by atoms with Crippen LogP contribution >= 0.6 is 0 Å². The SMILES string of the molecule is N#CNc1nccc(-c2cccc([N+](=O)[O-])c2)n1. The Bertz CT molecular complexity index is 635. The van der Waals surface area contributed by atoms with Crippen LogP contribution in [0, 0.1) is 21.6 Å². The van der Waals surface area contributed by atoms with Crippen LogP contribution < -0.4 is 5.32 Å². The fourth-order valence-electron chi connectivity index (χ4n) is 1.41. The summed E-state index contributed by atoms with van der Waals surface area (Å²) in [5.41, 5.74) is 1.08. The van der Waals surface area contributed by atoms with Crippen LogP contribution in [0.15, 0.2) is 36.5 Å². The third-order valence-electron chi connectivity index (χ3n) is 2.18. The Balaban J connectivity index is 2.42. The van der Waals surface area contributed by atoms with Crippen LogP contribution in [0.2, 0.25) is 0 Å². The second kappa shape index (κ2) is 4.88. The van der Waals surface area contributed by atoms with Gasteiger partial charge in [0.2, 0.25) is 5.95 Å². The second-order valence-electron chi connectivity index (χ2n) is 3.31. The van der Waals surface area contributed by atoms with Gasteiger partial charge in [0.25, 0.3) is 5.69 Å². The van der Waals surface area contributed by atoms with Crippen LogP contribution in [0.4, 0.5) is 11.6 Å². The van der Waals surface area contributed by atoms with Crippen molar-refractivity contribution in [3.05, 3.63) is 46.6 Å². The molecule has 0 bridgehead atoms. The Labute approximate surface area is 102 Å². The zero-order valence-electron chi connectivity index (χ0n) is 9.07. The lowest BCUT2D eigenvalue weighted by molar-refractivity contribution is -0.384. The van der Waals surface area contributed by atoms with E-state index >= 15 is 0 Å². The van der Waals surface area contributed by atoms with E-state index < -0.39 is 4.92 Å². The van der Waals surface area contributed by atoms with Crippen LogP contribution in [0.5, 0.6) is 0 Å². The van der Waals surface area contributed by atoms with Crippen molar-refractivity contribution in [3.8, 4) is 17.5 Å². The summed E-state index contributed by atoms with van der Waals surface area (Å²) in [5, 5.41) is 21.4. The molecule has 0 aliphatic heterocycles. The maximum atomic E-state index is 10.7. The smallest absolute Gasteiger partial charge is 0.261 e. The van der Waals surface area contributed by atoms with Gasteiger partial charge in [-0.2, -0.15) is 5.26 Å². The quantitative estimate of drug-likeness (QED) is 0.381. The normalized spacial score (nSPS) is 9.50. The Morgan fingerprint density at radius 2 is 2.22 bits per heavy atom. The third kappa shape index (κ3) is 2.38. The van der Waals surface area contributed by atoms with E-state index in [4.69, 9.17) is 5.26 Å². The first-order valence-electron chi connectivity index (χ1n) is 4.93. The van der Waals surface area contributed by atoms with Crippen molar-refractivity contribution in [3.63, 3.8) is 0 Å². The van der Waals surface area contributed by atoms with Crippen LogP contribution in [0.1, 0.15) is 0 Å². The molecule has 1 N–H and O–H groups in total. The van der Waals surface area contributed by atoms with Gasteiger partial charge in [0, 0.05) is 23.9 Å². The summed E-state index contributed by atoms with van der Waals surface area (Å²) in [6.45, 7) is 0. The van der Waals surface area contributed by atoms with Crippen LogP contribution in [-0.2, 0) is 0 Å². The van der Waals surface area contributed by atoms with Crippen LogP contribution in [0.25, 0.3) is 11.3 Å². The van der Waals surface area contributed by atoms with Crippen molar-refractivity contribution in [2.45, 2.75) is 0 Å². The summed E-state index contributed by atoms with van der Waals surface area (Å²) in [6, 6.07) is 7.71. The van der Waals surface area contributed by atoms with E-state index in [1.54, 1.807) is 24.4 Å². The van der Waals surface area contributed by atoms with Gasteiger partial charge in [-0.05, 0) is 6.07 Å². The fourth-order valence-corrected chi connectivity index (χ4v) is 1.41. The molecule has 1 heterocycles. The Morgan fingerprint density at radius 3 is 2.94 bits per heavy atom. The molecule has 0 spiro atoms. The van der Waals surface area contributed by atoms with Gasteiger partial charge in [0.15, 0.2) is 6.19 Å². The number of nitriles is 1. The summed E-state index contributed by atoms with van der Waals surface area (Å²) >= 11 is 0. The van der Waals surface area contributed by atoms with Gasteiger partial charge in [-0.25, -0.2) is 9.97 Å². The first-order valence-corrected chi connectivity index (χ1v) is 4.93. The van der Waals surface area contributed by atoms with E-state index in [1.165, 1.54) is 18.3 Å². The molecule has 7 heteroatoms. The number of non-ortho nitro benzene ring substituents is 1. The van der Waals surface area contributed by atoms with Crippen molar-refractivity contribution >= 4 is 11.6 Å². The molecule has 0 fully saturated rings. The van der Waals surface area contributed by atoms with E-state index in [0.717, 1.165) is 0 Å². The zero-order chi connectivity index (χ0) is 13.0. The third-order valence-corrected chi connectivity index (χ3v) is 2.18. The lowest BCUT2D eigenvalue weighted by Gasteiger charge is -2.02. The standard InChI is InChI=1S/C11H7N5O2/c12-7-14-11-13-5-4-10(15-11)8-2-1-3-9(6-8)16(17)18/h1-6H,(H,13,14,15). The number of nitrogens with one attached hydrogen (secondary N) is 1. The van der Waals surface area contributed by atoms with Crippen molar-refractivity contribution < 1.29 is 4.92 Å². The van der Waals surface area contributed by atoms with Crippen LogP contribution in [-0.4, -0.2) is 14.9 Å². The largest absolute Gasteiger partial charge is 0.270 e. The molecule has 7 nitrogen and oxygen atoms in total. The molecule has 0 unspecified atom stereocenters. The monoisotopic (exact) mass is 241 g/mol. The van der Waals surface area contributed by atoms with Gasteiger partial charge < -0.3 is 0 Å². The average molecular weight is 241 g/mol.